The van der Waals surface area contributed by atoms with E-state index >= 15 is 0 Å². The minimum atomic E-state index is -2.85. The molecule has 0 aliphatic carbocycles. The molecule has 0 fully saturated rings. The molecule has 0 spiro atoms. The summed E-state index contributed by atoms with van der Waals surface area (Å²) in [5.74, 6) is -0.0284. The monoisotopic (exact) mass is 294 g/mol. The van der Waals surface area contributed by atoms with E-state index in [1.165, 1.54) is 12.1 Å². The second-order valence-corrected chi connectivity index (χ2v) is 3.69. The van der Waals surface area contributed by atoms with Crippen molar-refractivity contribution in [3.63, 3.8) is 0 Å². The van der Waals surface area contributed by atoms with Crippen LogP contribution >= 0.6 is 12.4 Å². The molecule has 0 aromatic heterocycles. The fraction of sp³-hybridized carbons (Fsp3) is 0.417. The Morgan fingerprint density at radius 3 is 2.79 bits per heavy atom. The number of ether oxygens (including phenoxy) is 1. The SMILES string of the molecule is Cl.NCCCC(=O)NCc1cccc(OC(F)F)c1. The van der Waals surface area contributed by atoms with Crippen molar-refractivity contribution in [2.75, 3.05) is 6.54 Å². The molecular formula is C12H17ClF2N2O2. The van der Waals surface area contributed by atoms with Crippen molar-refractivity contribution >= 4 is 18.3 Å². The Hall–Kier alpha value is -1.40. The molecule has 0 saturated carbocycles. The molecule has 0 saturated heterocycles. The van der Waals surface area contributed by atoms with E-state index in [-0.39, 0.29) is 30.6 Å². The van der Waals surface area contributed by atoms with Gasteiger partial charge in [0, 0.05) is 13.0 Å². The molecule has 7 heteroatoms. The Morgan fingerprint density at radius 2 is 2.16 bits per heavy atom. The van der Waals surface area contributed by atoms with Gasteiger partial charge in [0.15, 0.2) is 0 Å². The van der Waals surface area contributed by atoms with E-state index < -0.39 is 6.61 Å². The van der Waals surface area contributed by atoms with E-state index in [2.05, 4.69) is 10.1 Å². The topological polar surface area (TPSA) is 64.4 Å². The standard InChI is InChI=1S/C12H16F2N2O2.ClH/c13-12(14)18-10-4-1-3-9(7-10)8-16-11(17)5-2-6-15;/h1,3-4,7,12H,2,5-6,8,15H2,(H,16,17);1H. The molecule has 4 nitrogen and oxygen atoms in total. The predicted molar refractivity (Wildman–Crippen MR) is 70.5 cm³/mol. The lowest BCUT2D eigenvalue weighted by Gasteiger charge is -2.08. The lowest BCUT2D eigenvalue weighted by molar-refractivity contribution is -0.121. The van der Waals surface area contributed by atoms with Gasteiger partial charge in [0.2, 0.25) is 5.91 Å². The molecule has 0 aliphatic rings. The summed E-state index contributed by atoms with van der Waals surface area (Å²) < 4.78 is 28.3. The number of hydrogen-bond donors (Lipinski definition) is 2. The highest BCUT2D eigenvalue weighted by Gasteiger charge is 2.05. The number of amides is 1. The predicted octanol–water partition coefficient (Wildman–Crippen LogP) is 2.06. The summed E-state index contributed by atoms with van der Waals surface area (Å²) in [4.78, 5) is 11.3. The summed E-state index contributed by atoms with van der Waals surface area (Å²) in [6.45, 7) is -2.10. The smallest absolute Gasteiger partial charge is 0.387 e. The number of alkyl halides is 2. The van der Waals surface area contributed by atoms with Crippen LogP contribution in [0.5, 0.6) is 5.75 Å². The molecule has 1 aromatic rings. The van der Waals surface area contributed by atoms with Gasteiger partial charge < -0.3 is 15.8 Å². The van der Waals surface area contributed by atoms with Gasteiger partial charge in [-0.2, -0.15) is 8.78 Å². The molecule has 1 amide bonds. The van der Waals surface area contributed by atoms with Crippen molar-refractivity contribution in [1.82, 2.24) is 5.32 Å². The van der Waals surface area contributed by atoms with E-state index in [9.17, 15) is 13.6 Å². The molecule has 0 bridgehead atoms. The number of hydrogen-bond acceptors (Lipinski definition) is 3. The second-order valence-electron chi connectivity index (χ2n) is 3.69. The molecule has 0 radical (unpaired) electrons. The summed E-state index contributed by atoms with van der Waals surface area (Å²) in [7, 11) is 0. The van der Waals surface area contributed by atoms with Crippen molar-refractivity contribution in [3.8, 4) is 5.75 Å². The van der Waals surface area contributed by atoms with Crippen LogP contribution in [-0.2, 0) is 11.3 Å². The molecule has 108 valence electrons. The third-order valence-corrected chi connectivity index (χ3v) is 2.22. The Labute approximate surface area is 116 Å². The molecule has 0 atom stereocenters. The molecule has 1 aromatic carbocycles. The Bertz CT molecular complexity index is 392. The van der Waals surface area contributed by atoms with E-state index in [0.717, 1.165) is 0 Å². The number of carbonyl (C=O) groups excluding carboxylic acids is 1. The Kier molecular flexibility index (Phi) is 8.82. The van der Waals surface area contributed by atoms with Crippen LogP contribution in [0.25, 0.3) is 0 Å². The maximum absolute atomic E-state index is 12.0. The highest BCUT2D eigenvalue weighted by molar-refractivity contribution is 5.85. The lowest BCUT2D eigenvalue weighted by Crippen LogP contribution is -2.23. The average molecular weight is 295 g/mol. The zero-order valence-electron chi connectivity index (χ0n) is 10.3. The van der Waals surface area contributed by atoms with Gasteiger partial charge in [-0.3, -0.25) is 4.79 Å². The quantitative estimate of drug-likeness (QED) is 0.809. The van der Waals surface area contributed by atoms with Crippen LogP contribution in [0.15, 0.2) is 24.3 Å². The largest absolute Gasteiger partial charge is 0.435 e. The maximum Gasteiger partial charge on any atom is 0.387 e. The third kappa shape index (κ3) is 7.58. The fourth-order valence-corrected chi connectivity index (χ4v) is 1.38. The van der Waals surface area contributed by atoms with E-state index in [1.807, 2.05) is 0 Å². The molecule has 1 rings (SSSR count). The summed E-state index contributed by atoms with van der Waals surface area (Å²) in [5.41, 5.74) is 5.99. The van der Waals surface area contributed by atoms with Crippen molar-refractivity contribution < 1.29 is 18.3 Å². The average Bonchev–Trinajstić information content (AvgIpc) is 2.33. The fourth-order valence-electron chi connectivity index (χ4n) is 1.38. The van der Waals surface area contributed by atoms with Crippen LogP contribution in [0.3, 0.4) is 0 Å². The summed E-state index contributed by atoms with van der Waals surface area (Å²) in [5, 5.41) is 2.68. The Morgan fingerprint density at radius 1 is 1.42 bits per heavy atom. The Balaban J connectivity index is 0.00000324. The van der Waals surface area contributed by atoms with E-state index in [0.29, 0.717) is 24.9 Å². The maximum atomic E-state index is 12.0. The van der Waals surface area contributed by atoms with Crippen molar-refractivity contribution in [2.24, 2.45) is 5.73 Å². The van der Waals surface area contributed by atoms with Gasteiger partial charge in [-0.15, -0.1) is 12.4 Å². The van der Waals surface area contributed by atoms with Gasteiger partial charge in [-0.05, 0) is 30.7 Å². The normalized spacial score (nSPS) is 9.89. The molecular weight excluding hydrogens is 278 g/mol. The van der Waals surface area contributed by atoms with Crippen LogP contribution in [0.4, 0.5) is 8.78 Å². The number of rotatable bonds is 7. The van der Waals surface area contributed by atoms with Crippen molar-refractivity contribution in [2.45, 2.75) is 26.0 Å². The van der Waals surface area contributed by atoms with Gasteiger partial charge in [-0.1, -0.05) is 12.1 Å². The zero-order chi connectivity index (χ0) is 13.4. The van der Waals surface area contributed by atoms with E-state index in [1.54, 1.807) is 12.1 Å². The van der Waals surface area contributed by atoms with Crippen molar-refractivity contribution in [1.29, 1.82) is 0 Å². The lowest BCUT2D eigenvalue weighted by atomic mass is 10.2. The number of halogens is 3. The minimum absolute atomic E-state index is 0. The van der Waals surface area contributed by atoms with Gasteiger partial charge >= 0.3 is 6.61 Å². The van der Waals surface area contributed by atoms with Gasteiger partial charge in [0.25, 0.3) is 0 Å². The molecule has 3 N–H and O–H groups in total. The first-order chi connectivity index (χ1) is 8.61. The van der Waals surface area contributed by atoms with Crippen molar-refractivity contribution in [3.05, 3.63) is 29.8 Å². The highest BCUT2D eigenvalue weighted by Crippen LogP contribution is 2.15. The summed E-state index contributed by atoms with van der Waals surface area (Å²) >= 11 is 0. The summed E-state index contributed by atoms with van der Waals surface area (Å²) in [6, 6.07) is 6.22. The highest BCUT2D eigenvalue weighted by atomic mass is 35.5. The number of nitrogens with one attached hydrogen (secondary N) is 1. The third-order valence-electron chi connectivity index (χ3n) is 2.22. The minimum Gasteiger partial charge on any atom is -0.435 e. The van der Waals surface area contributed by atoms with E-state index in [4.69, 9.17) is 5.73 Å². The first kappa shape index (κ1) is 17.6. The van der Waals surface area contributed by atoms with Crippen LogP contribution in [0.1, 0.15) is 18.4 Å². The molecule has 19 heavy (non-hydrogen) atoms. The number of carbonyl (C=O) groups is 1. The zero-order valence-corrected chi connectivity index (χ0v) is 11.1. The first-order valence-electron chi connectivity index (χ1n) is 5.62. The molecule has 0 unspecified atom stereocenters. The summed E-state index contributed by atoms with van der Waals surface area (Å²) in [6.07, 6.45) is 0.990. The molecule has 0 aliphatic heterocycles. The van der Waals surface area contributed by atoms with Gasteiger partial charge in [0.05, 0.1) is 0 Å². The molecule has 0 heterocycles. The number of nitrogens with two attached hydrogens (primary N) is 1. The van der Waals surface area contributed by atoms with Crippen LogP contribution in [0.2, 0.25) is 0 Å². The van der Waals surface area contributed by atoms with Crippen LogP contribution in [0, 0.1) is 0 Å². The second kappa shape index (κ2) is 9.52. The first-order valence-corrected chi connectivity index (χ1v) is 5.62. The van der Waals surface area contributed by atoms with Crippen LogP contribution < -0.4 is 15.8 Å². The van der Waals surface area contributed by atoms with Crippen LogP contribution in [-0.4, -0.2) is 19.1 Å². The van der Waals surface area contributed by atoms with Gasteiger partial charge in [0.1, 0.15) is 5.75 Å². The number of benzene rings is 1. The van der Waals surface area contributed by atoms with Gasteiger partial charge in [-0.25, -0.2) is 0 Å².